The maximum absolute atomic E-state index is 12.1. The van der Waals surface area contributed by atoms with Crippen LogP contribution < -0.4 is 0 Å². The molecule has 1 fully saturated rings. The largest absolute Gasteiger partial charge is 0.338 e. The number of benzene rings is 1. The van der Waals surface area contributed by atoms with Gasteiger partial charge in [-0.25, -0.2) is 0 Å². The van der Waals surface area contributed by atoms with Crippen molar-refractivity contribution in [2.45, 2.75) is 33.7 Å². The zero-order valence-electron chi connectivity index (χ0n) is 12.3. The topological polar surface area (TPSA) is 37.4 Å². The predicted molar refractivity (Wildman–Crippen MR) is 82.6 cm³/mol. The Balaban J connectivity index is 1.98. The molecule has 0 spiro atoms. The van der Waals surface area contributed by atoms with Crippen molar-refractivity contribution in [1.29, 1.82) is 0 Å². The van der Waals surface area contributed by atoms with E-state index in [4.69, 9.17) is 0 Å². The van der Waals surface area contributed by atoms with E-state index in [1.165, 1.54) is 28.5 Å². The third kappa shape index (κ3) is 3.63. The summed E-state index contributed by atoms with van der Waals surface area (Å²) >= 11 is 1.33. The van der Waals surface area contributed by atoms with Gasteiger partial charge in [-0.05, 0) is 36.5 Å². The molecule has 0 N–H and O–H groups in total. The van der Waals surface area contributed by atoms with Gasteiger partial charge in [0.25, 0.3) is 0 Å². The van der Waals surface area contributed by atoms with Crippen molar-refractivity contribution < 1.29 is 9.59 Å². The van der Waals surface area contributed by atoms with Gasteiger partial charge in [-0.2, -0.15) is 0 Å². The fourth-order valence-corrected chi connectivity index (χ4v) is 3.24. The van der Waals surface area contributed by atoms with E-state index in [9.17, 15) is 9.59 Å². The number of aryl methyl sites for hydroxylation is 1. The highest BCUT2D eigenvalue weighted by Gasteiger charge is 2.29. The number of rotatable bonds is 4. The second kappa shape index (κ2) is 6.44. The highest BCUT2D eigenvalue weighted by Crippen LogP contribution is 2.25. The van der Waals surface area contributed by atoms with Crippen molar-refractivity contribution in [2.75, 3.05) is 12.3 Å². The molecular formula is C16H21NO2S. The van der Waals surface area contributed by atoms with Gasteiger partial charge in [0, 0.05) is 32.2 Å². The van der Waals surface area contributed by atoms with Crippen LogP contribution in [0.5, 0.6) is 0 Å². The van der Waals surface area contributed by atoms with E-state index in [1.54, 1.807) is 6.92 Å². The maximum Gasteiger partial charge on any atom is 0.223 e. The van der Waals surface area contributed by atoms with Crippen LogP contribution in [0.2, 0.25) is 0 Å². The zero-order chi connectivity index (χ0) is 14.7. The van der Waals surface area contributed by atoms with Crippen LogP contribution in [0.1, 0.15) is 30.0 Å². The van der Waals surface area contributed by atoms with E-state index in [2.05, 4.69) is 26.0 Å². The summed E-state index contributed by atoms with van der Waals surface area (Å²) in [7, 11) is 0. The summed E-state index contributed by atoms with van der Waals surface area (Å²) in [4.78, 5) is 25.0. The van der Waals surface area contributed by atoms with Gasteiger partial charge >= 0.3 is 0 Å². The molecule has 3 nitrogen and oxygen atoms in total. The first-order valence-electron chi connectivity index (χ1n) is 6.93. The Morgan fingerprint density at radius 1 is 1.40 bits per heavy atom. The molecule has 1 aliphatic rings. The molecular weight excluding hydrogens is 270 g/mol. The van der Waals surface area contributed by atoms with Crippen LogP contribution in [0.15, 0.2) is 18.2 Å². The quantitative estimate of drug-likeness (QED) is 0.856. The van der Waals surface area contributed by atoms with E-state index in [1.807, 2.05) is 11.0 Å². The lowest BCUT2D eigenvalue weighted by Gasteiger charge is -2.18. The van der Waals surface area contributed by atoms with Gasteiger partial charge in [-0.1, -0.05) is 30.0 Å². The minimum atomic E-state index is 0.130. The monoisotopic (exact) mass is 291 g/mol. The van der Waals surface area contributed by atoms with Crippen LogP contribution in [-0.2, 0) is 16.1 Å². The first kappa shape index (κ1) is 15.1. The first-order chi connectivity index (χ1) is 9.47. The van der Waals surface area contributed by atoms with Gasteiger partial charge in [0.15, 0.2) is 5.12 Å². The lowest BCUT2D eigenvalue weighted by atomic mass is 10.0. The van der Waals surface area contributed by atoms with Crippen molar-refractivity contribution in [3.05, 3.63) is 34.9 Å². The average molecular weight is 291 g/mol. The molecule has 108 valence electrons. The van der Waals surface area contributed by atoms with Crippen LogP contribution in [0.4, 0.5) is 0 Å². The molecule has 1 atom stereocenters. The molecule has 1 aliphatic heterocycles. The Morgan fingerprint density at radius 3 is 2.85 bits per heavy atom. The van der Waals surface area contributed by atoms with Crippen LogP contribution >= 0.6 is 11.8 Å². The Labute approximate surface area is 124 Å². The van der Waals surface area contributed by atoms with E-state index < -0.39 is 0 Å². The fraction of sp³-hybridized carbons (Fsp3) is 0.500. The van der Waals surface area contributed by atoms with Gasteiger partial charge in [-0.15, -0.1) is 0 Å². The van der Waals surface area contributed by atoms with Crippen LogP contribution in [-0.4, -0.2) is 28.2 Å². The van der Waals surface area contributed by atoms with Crippen molar-refractivity contribution in [2.24, 2.45) is 5.92 Å². The number of likely N-dealkylation sites (tertiary alicyclic amines) is 1. The number of hydrogen-bond donors (Lipinski definition) is 0. The molecule has 0 saturated carbocycles. The molecule has 0 radical (unpaired) electrons. The Bertz CT molecular complexity index is 527. The number of carbonyl (C=O) groups excluding carboxylic acids is 2. The van der Waals surface area contributed by atoms with Crippen LogP contribution in [0.3, 0.4) is 0 Å². The van der Waals surface area contributed by atoms with Crippen molar-refractivity contribution in [1.82, 2.24) is 4.90 Å². The molecule has 1 heterocycles. The van der Waals surface area contributed by atoms with Gasteiger partial charge < -0.3 is 4.90 Å². The highest BCUT2D eigenvalue weighted by molar-refractivity contribution is 8.13. The molecule has 4 heteroatoms. The molecule has 0 aliphatic carbocycles. The van der Waals surface area contributed by atoms with Crippen LogP contribution in [0, 0.1) is 19.8 Å². The minimum Gasteiger partial charge on any atom is -0.338 e. The van der Waals surface area contributed by atoms with E-state index in [-0.39, 0.29) is 11.0 Å². The zero-order valence-corrected chi connectivity index (χ0v) is 13.1. The molecule has 1 amide bonds. The van der Waals surface area contributed by atoms with Crippen molar-refractivity contribution in [3.63, 3.8) is 0 Å². The molecule has 1 unspecified atom stereocenters. The molecule has 0 aromatic heterocycles. The lowest BCUT2D eigenvalue weighted by Crippen LogP contribution is -2.25. The normalized spacial score (nSPS) is 18.6. The van der Waals surface area contributed by atoms with Gasteiger partial charge in [0.05, 0.1) is 0 Å². The smallest absolute Gasteiger partial charge is 0.223 e. The van der Waals surface area contributed by atoms with E-state index in [0.29, 0.717) is 18.9 Å². The fourth-order valence-electron chi connectivity index (χ4n) is 2.54. The highest BCUT2D eigenvalue weighted by atomic mass is 32.2. The van der Waals surface area contributed by atoms with Gasteiger partial charge in [0.2, 0.25) is 5.91 Å². The molecule has 20 heavy (non-hydrogen) atoms. The molecule has 0 bridgehead atoms. The molecule has 1 aromatic rings. The summed E-state index contributed by atoms with van der Waals surface area (Å²) < 4.78 is 0. The summed E-state index contributed by atoms with van der Waals surface area (Å²) in [6.07, 6.45) is 0.575. The third-order valence-corrected chi connectivity index (χ3v) is 4.94. The average Bonchev–Trinajstić information content (AvgIpc) is 2.73. The third-order valence-electron chi connectivity index (χ3n) is 3.89. The second-order valence-electron chi connectivity index (χ2n) is 5.51. The summed E-state index contributed by atoms with van der Waals surface area (Å²) in [5.41, 5.74) is 3.75. The number of hydrogen-bond acceptors (Lipinski definition) is 3. The predicted octanol–water partition coefficient (Wildman–Crippen LogP) is 2.93. The van der Waals surface area contributed by atoms with Crippen molar-refractivity contribution in [3.8, 4) is 0 Å². The van der Waals surface area contributed by atoms with Gasteiger partial charge in [0.1, 0.15) is 0 Å². The van der Waals surface area contributed by atoms with Crippen molar-refractivity contribution >= 4 is 22.8 Å². The second-order valence-corrected chi connectivity index (χ2v) is 6.70. The summed E-state index contributed by atoms with van der Waals surface area (Å²) in [6, 6.07) is 6.23. The standard InChI is InChI=1S/C16H21NO2S/c1-11-5-4-6-15(12(11)2)9-17-8-14(7-16(17)19)10-20-13(3)18/h4-6,14H,7-10H2,1-3H3. The molecule has 1 saturated heterocycles. The molecule has 2 rings (SSSR count). The summed E-state index contributed by atoms with van der Waals surface area (Å²) in [5, 5.41) is 0.130. The minimum absolute atomic E-state index is 0.130. The molecule has 1 aromatic carbocycles. The van der Waals surface area contributed by atoms with E-state index in [0.717, 1.165) is 12.3 Å². The number of amides is 1. The number of carbonyl (C=O) groups is 2. The first-order valence-corrected chi connectivity index (χ1v) is 7.92. The maximum atomic E-state index is 12.1. The summed E-state index contributed by atoms with van der Waals surface area (Å²) in [6.45, 7) is 7.24. The van der Waals surface area contributed by atoms with Crippen LogP contribution in [0.25, 0.3) is 0 Å². The SMILES string of the molecule is CC(=O)SCC1CC(=O)N(Cc2cccc(C)c2C)C1. The Hall–Kier alpha value is -1.29. The summed E-state index contributed by atoms with van der Waals surface area (Å²) in [5.74, 6) is 1.27. The Kier molecular flexibility index (Phi) is 4.86. The van der Waals surface area contributed by atoms with E-state index >= 15 is 0 Å². The number of thioether (sulfide) groups is 1. The number of nitrogens with zero attached hydrogens (tertiary/aromatic N) is 1. The Morgan fingerprint density at radius 2 is 2.15 bits per heavy atom. The lowest BCUT2D eigenvalue weighted by molar-refractivity contribution is -0.128. The van der Waals surface area contributed by atoms with Gasteiger partial charge in [-0.3, -0.25) is 9.59 Å².